The molecule has 0 radical (unpaired) electrons. The third-order valence-electron chi connectivity index (χ3n) is 6.11. The summed E-state index contributed by atoms with van der Waals surface area (Å²) >= 11 is 0. The molecule has 1 heterocycles. The van der Waals surface area contributed by atoms with E-state index < -0.39 is 22.2 Å². The number of imidazole rings is 1. The van der Waals surface area contributed by atoms with Crippen LogP contribution in [0.1, 0.15) is 17.1 Å². The van der Waals surface area contributed by atoms with Gasteiger partial charge in [-0.05, 0) is 66.6 Å². The van der Waals surface area contributed by atoms with Crippen LogP contribution in [0.3, 0.4) is 0 Å². The lowest BCUT2D eigenvalue weighted by atomic mass is 10.0. The number of ether oxygens (including phenoxy) is 1. The highest BCUT2D eigenvalue weighted by molar-refractivity contribution is 7.97. The average molecular weight is 562 g/mol. The molecule has 3 aromatic carbocycles. The summed E-state index contributed by atoms with van der Waals surface area (Å²) in [5.41, 5.74) is 7.52. The Morgan fingerprint density at radius 1 is 1.08 bits per heavy atom. The maximum atomic E-state index is 14.2. The van der Waals surface area contributed by atoms with E-state index in [1.54, 1.807) is 54.6 Å². The Morgan fingerprint density at radius 2 is 1.74 bits per heavy atom. The number of halogens is 4. The summed E-state index contributed by atoms with van der Waals surface area (Å²) < 4.78 is 73.1. The summed E-state index contributed by atoms with van der Waals surface area (Å²) in [6.45, 7) is 1.44. The monoisotopic (exact) mass is 561 g/mol. The van der Waals surface area contributed by atoms with Crippen molar-refractivity contribution in [3.05, 3.63) is 96.2 Å². The quantitative estimate of drug-likeness (QED) is 0.0919. The number of thiol groups is 1. The number of anilines is 1. The predicted molar refractivity (Wildman–Crippen MR) is 145 cm³/mol. The van der Waals surface area contributed by atoms with Crippen molar-refractivity contribution >= 4 is 21.7 Å². The summed E-state index contributed by atoms with van der Waals surface area (Å²) in [5.74, 6) is 7.26. The molecule has 0 unspecified atom stereocenters. The number of rotatable bonds is 7. The van der Waals surface area contributed by atoms with Crippen molar-refractivity contribution in [2.45, 2.75) is 18.0 Å². The van der Waals surface area contributed by atoms with Crippen molar-refractivity contribution in [2.75, 3.05) is 18.4 Å². The molecule has 12 heteroatoms. The highest BCUT2D eigenvalue weighted by Crippen LogP contribution is 2.36. The standard InChI is InChI=1S/C27H27F4N5O2S/c1-17-34-26(27(28,29)30)16-35(17)23-12-9-20(19-5-4-6-22(13-19)39(3,31)37)14-24(23)36(33)25(15-32)18-7-10-21(38-2)11-8-18/h4-16,39H,32-33H2,1-3H3/b25-15-. The van der Waals surface area contributed by atoms with Crippen LogP contribution in [0.15, 0.2) is 84.0 Å². The molecule has 7 nitrogen and oxygen atoms in total. The molecule has 0 aliphatic carbocycles. The Hall–Kier alpha value is -4.16. The van der Waals surface area contributed by atoms with Gasteiger partial charge in [0.25, 0.3) is 0 Å². The molecule has 1 aromatic heterocycles. The van der Waals surface area contributed by atoms with E-state index >= 15 is 0 Å². The zero-order valence-electron chi connectivity index (χ0n) is 21.3. The van der Waals surface area contributed by atoms with Gasteiger partial charge in [0.2, 0.25) is 0 Å². The average Bonchev–Trinajstić information content (AvgIpc) is 3.30. The van der Waals surface area contributed by atoms with Crippen molar-refractivity contribution in [1.82, 2.24) is 9.55 Å². The molecule has 0 aliphatic rings. The van der Waals surface area contributed by atoms with E-state index in [4.69, 9.17) is 16.3 Å². The fourth-order valence-corrected chi connectivity index (χ4v) is 4.82. The van der Waals surface area contributed by atoms with Crippen LogP contribution in [-0.4, -0.2) is 27.1 Å². The van der Waals surface area contributed by atoms with Gasteiger partial charge < -0.3 is 15.0 Å². The third-order valence-corrected chi connectivity index (χ3v) is 7.31. The maximum Gasteiger partial charge on any atom is 0.434 e. The number of benzene rings is 3. The van der Waals surface area contributed by atoms with E-state index in [0.717, 1.165) is 12.5 Å². The number of methoxy groups -OCH3 is 1. The van der Waals surface area contributed by atoms with Crippen LogP contribution in [-0.2, 0) is 16.5 Å². The van der Waals surface area contributed by atoms with Gasteiger partial charge in [-0.15, -0.1) is 0 Å². The molecule has 0 fully saturated rings. The number of hydrogen-bond acceptors (Lipinski definition) is 6. The molecule has 0 saturated heterocycles. The van der Waals surface area contributed by atoms with Crippen molar-refractivity contribution in [1.29, 1.82) is 0 Å². The molecule has 206 valence electrons. The number of aryl methyl sites for hydroxylation is 1. The summed E-state index contributed by atoms with van der Waals surface area (Å²) in [7, 11) is -2.50. The molecule has 0 spiro atoms. The van der Waals surface area contributed by atoms with E-state index in [1.807, 2.05) is 0 Å². The molecule has 39 heavy (non-hydrogen) atoms. The molecule has 0 atom stereocenters. The fourth-order valence-electron chi connectivity index (χ4n) is 4.09. The second-order valence-electron chi connectivity index (χ2n) is 8.77. The van der Waals surface area contributed by atoms with Gasteiger partial charge in [0.05, 0.1) is 24.2 Å². The molecule has 4 N–H and O–H groups in total. The van der Waals surface area contributed by atoms with Crippen LogP contribution in [0, 0.1) is 6.92 Å². The number of nitrogens with zero attached hydrogens (tertiary/aromatic N) is 3. The Bertz CT molecular complexity index is 1580. The summed E-state index contributed by atoms with van der Waals surface area (Å²) in [6, 6.07) is 17.9. The SMILES string of the molecule is COc1ccc(/C(=C/N)N(N)c2cc(-c3cccc([SH](C)(=O)F)c3)ccc2-n2cc(C(F)(F)F)nc2C)cc1. The Morgan fingerprint density at radius 3 is 2.31 bits per heavy atom. The van der Waals surface area contributed by atoms with Gasteiger partial charge in [-0.3, -0.25) is 9.22 Å². The van der Waals surface area contributed by atoms with Crippen LogP contribution in [0.4, 0.5) is 22.7 Å². The van der Waals surface area contributed by atoms with Crippen molar-refractivity contribution in [3.8, 4) is 22.6 Å². The van der Waals surface area contributed by atoms with Crippen molar-refractivity contribution in [3.63, 3.8) is 0 Å². The molecule has 0 amide bonds. The number of aromatic nitrogens is 2. The number of nitrogens with two attached hydrogens (primary N) is 2. The van der Waals surface area contributed by atoms with E-state index in [2.05, 4.69) is 4.98 Å². The van der Waals surface area contributed by atoms with Gasteiger partial charge in [-0.1, -0.05) is 18.2 Å². The lowest BCUT2D eigenvalue weighted by Gasteiger charge is -2.26. The van der Waals surface area contributed by atoms with Gasteiger partial charge in [0, 0.05) is 39.4 Å². The Balaban J connectivity index is 1.91. The maximum absolute atomic E-state index is 14.2. The van der Waals surface area contributed by atoms with Crippen LogP contribution in [0.2, 0.25) is 0 Å². The lowest BCUT2D eigenvalue weighted by Crippen LogP contribution is -2.31. The van der Waals surface area contributed by atoms with Gasteiger partial charge in [0.1, 0.15) is 11.6 Å². The number of hydrazine groups is 1. The topological polar surface area (TPSA) is 99.4 Å². The zero-order valence-corrected chi connectivity index (χ0v) is 22.2. The Labute approximate surface area is 224 Å². The third kappa shape index (κ3) is 5.81. The van der Waals surface area contributed by atoms with Crippen LogP contribution < -0.4 is 21.3 Å². The molecule has 4 aromatic rings. The smallest absolute Gasteiger partial charge is 0.434 e. The first-order valence-corrected chi connectivity index (χ1v) is 13.6. The minimum atomic E-state index is -4.65. The first-order valence-electron chi connectivity index (χ1n) is 11.6. The van der Waals surface area contributed by atoms with E-state index in [-0.39, 0.29) is 22.1 Å². The normalized spacial score (nSPS) is 12.9. The molecule has 0 aliphatic heterocycles. The minimum absolute atomic E-state index is 0.0382. The van der Waals surface area contributed by atoms with Gasteiger partial charge in [-0.25, -0.2) is 10.8 Å². The second-order valence-corrected chi connectivity index (χ2v) is 10.9. The summed E-state index contributed by atoms with van der Waals surface area (Å²) in [6.07, 6.45) is -1.46. The zero-order chi connectivity index (χ0) is 28.5. The molecular weight excluding hydrogens is 534 g/mol. The first-order chi connectivity index (χ1) is 18.3. The molecule has 0 saturated carbocycles. The van der Waals surface area contributed by atoms with Crippen LogP contribution in [0.5, 0.6) is 5.75 Å². The van der Waals surface area contributed by atoms with Crippen LogP contribution in [0.25, 0.3) is 22.5 Å². The minimum Gasteiger partial charge on any atom is -0.497 e. The highest BCUT2D eigenvalue weighted by Gasteiger charge is 2.35. The lowest BCUT2D eigenvalue weighted by molar-refractivity contribution is -0.141. The summed E-state index contributed by atoms with van der Waals surface area (Å²) in [4.78, 5) is 3.71. The van der Waals surface area contributed by atoms with E-state index in [0.29, 0.717) is 28.1 Å². The van der Waals surface area contributed by atoms with Gasteiger partial charge in [-0.2, -0.15) is 17.1 Å². The highest BCUT2D eigenvalue weighted by atomic mass is 32.3. The van der Waals surface area contributed by atoms with Crippen molar-refractivity contribution in [2.24, 2.45) is 11.6 Å². The van der Waals surface area contributed by atoms with E-state index in [1.165, 1.54) is 41.9 Å². The van der Waals surface area contributed by atoms with Crippen LogP contribution >= 0.6 is 0 Å². The molecular formula is C27H27F4N5O2S. The van der Waals surface area contributed by atoms with Crippen molar-refractivity contribution < 1.29 is 26.0 Å². The Kier molecular flexibility index (Phi) is 7.53. The van der Waals surface area contributed by atoms with Gasteiger partial charge in [0.15, 0.2) is 5.69 Å². The summed E-state index contributed by atoms with van der Waals surface area (Å²) in [5, 5.41) is 1.25. The number of hydrogen-bond donors (Lipinski definition) is 3. The predicted octanol–water partition coefficient (Wildman–Crippen LogP) is 5.40. The molecule has 0 bridgehead atoms. The van der Waals surface area contributed by atoms with Gasteiger partial charge >= 0.3 is 6.18 Å². The number of alkyl halides is 3. The fraction of sp³-hybridized carbons (Fsp3) is 0.148. The second kappa shape index (κ2) is 10.5. The first kappa shape index (κ1) is 27.9. The molecule has 4 rings (SSSR count). The van der Waals surface area contributed by atoms with E-state index in [9.17, 15) is 21.3 Å². The largest absolute Gasteiger partial charge is 0.497 e.